The number of benzene rings is 2. The Morgan fingerprint density at radius 3 is 1.14 bits per heavy atom. The SMILES string of the molecule is O=P(Cl)(Cl)C(c1ccccc1)c1ccccc1.O=P(Cl)(Cl)Cl. The van der Waals surface area contributed by atoms with Crippen molar-refractivity contribution < 1.29 is 9.13 Å². The Labute approximate surface area is 153 Å². The van der Waals surface area contributed by atoms with Gasteiger partial charge < -0.3 is 0 Å². The quantitative estimate of drug-likeness (QED) is 0.452. The lowest BCUT2D eigenvalue weighted by atomic mass is 10.0. The molecule has 0 aliphatic rings. The largest absolute Gasteiger partial charge is 0.339 e. The van der Waals surface area contributed by atoms with E-state index < -0.39 is 16.7 Å². The van der Waals surface area contributed by atoms with Crippen LogP contribution in [0.5, 0.6) is 0 Å². The lowest BCUT2D eigenvalue weighted by molar-refractivity contribution is 0.588. The van der Waals surface area contributed by atoms with Crippen molar-refractivity contribution >= 4 is 67.3 Å². The van der Waals surface area contributed by atoms with Crippen molar-refractivity contribution in [3.8, 4) is 0 Å². The summed E-state index contributed by atoms with van der Waals surface area (Å²) in [6.45, 7) is 0. The highest BCUT2D eigenvalue weighted by molar-refractivity contribution is 8.24. The van der Waals surface area contributed by atoms with E-state index in [0.29, 0.717) is 0 Å². The summed E-state index contributed by atoms with van der Waals surface area (Å²) in [7, 11) is 0. The molecule has 2 aromatic rings. The fourth-order valence-corrected chi connectivity index (χ4v) is 4.20. The van der Waals surface area contributed by atoms with Crippen molar-refractivity contribution in [3.05, 3.63) is 71.8 Å². The highest BCUT2D eigenvalue weighted by Crippen LogP contribution is 2.69. The second-order valence-electron chi connectivity index (χ2n) is 4.13. The maximum Gasteiger partial charge on any atom is 0.339 e. The Bertz CT molecular complexity index is 622. The average Bonchev–Trinajstić information content (AvgIpc) is 2.38. The van der Waals surface area contributed by atoms with Crippen LogP contribution < -0.4 is 0 Å². The molecule has 0 saturated heterocycles. The number of hydrogen-bond donors (Lipinski definition) is 0. The van der Waals surface area contributed by atoms with Crippen molar-refractivity contribution in [2.45, 2.75) is 5.66 Å². The normalized spacial score (nSPS) is 11.7. The van der Waals surface area contributed by atoms with Gasteiger partial charge in [-0.05, 0) is 67.3 Å². The van der Waals surface area contributed by atoms with Crippen molar-refractivity contribution in [1.82, 2.24) is 0 Å². The first kappa shape index (κ1) is 20.4. The van der Waals surface area contributed by atoms with Crippen molar-refractivity contribution in [1.29, 1.82) is 0 Å². The standard InChI is InChI=1S/C13H11Cl2OP.Cl3OP/c14-17(15,16)13(11-7-3-1-4-8-11)12-9-5-2-6-10-12;1-5(2,3)4/h1-10,13H;. The molecule has 0 N–H and O–H groups in total. The van der Waals surface area contributed by atoms with E-state index in [1.807, 2.05) is 60.7 Å². The van der Waals surface area contributed by atoms with Gasteiger partial charge in [-0.3, -0.25) is 9.13 Å². The van der Waals surface area contributed by atoms with Gasteiger partial charge in [0.05, 0.1) is 5.66 Å². The summed E-state index contributed by atoms with van der Waals surface area (Å²) in [5, 5.41) is -3.22. The molecule has 0 aliphatic carbocycles. The lowest BCUT2D eigenvalue weighted by Crippen LogP contribution is -1.96. The van der Waals surface area contributed by atoms with Gasteiger partial charge in [-0.2, -0.15) is 0 Å². The second kappa shape index (κ2) is 9.00. The van der Waals surface area contributed by atoms with Crippen LogP contribution >= 0.6 is 67.3 Å². The van der Waals surface area contributed by atoms with Crippen LogP contribution in [0.15, 0.2) is 60.7 Å². The maximum atomic E-state index is 12.0. The monoisotopic (exact) mass is 436 g/mol. The summed E-state index contributed by atoms with van der Waals surface area (Å²) in [5.41, 5.74) is 1.27. The fourth-order valence-electron chi connectivity index (χ4n) is 1.81. The molecule has 22 heavy (non-hydrogen) atoms. The smallest absolute Gasteiger partial charge is 0.288 e. The van der Waals surface area contributed by atoms with Crippen molar-refractivity contribution in [2.75, 3.05) is 0 Å². The van der Waals surface area contributed by atoms with E-state index >= 15 is 0 Å². The van der Waals surface area contributed by atoms with Gasteiger partial charge in [0.2, 0.25) is 0 Å². The highest BCUT2D eigenvalue weighted by Gasteiger charge is 2.31. The van der Waals surface area contributed by atoms with Crippen LogP contribution in [0.25, 0.3) is 0 Å². The molecule has 0 saturated carbocycles. The summed E-state index contributed by atoms with van der Waals surface area (Å²) in [6, 6.07) is 18.9. The van der Waals surface area contributed by atoms with E-state index in [-0.39, 0.29) is 0 Å². The zero-order valence-corrected chi connectivity index (χ0v) is 16.5. The average molecular weight is 438 g/mol. The molecule has 2 rings (SSSR count). The Morgan fingerprint density at radius 2 is 0.909 bits per heavy atom. The molecule has 9 heteroatoms. The van der Waals surface area contributed by atoms with Gasteiger partial charge in [-0.15, -0.1) is 0 Å². The summed E-state index contributed by atoms with van der Waals surface area (Å²) >= 11 is 25.6. The van der Waals surface area contributed by atoms with Crippen LogP contribution in [0.4, 0.5) is 0 Å². The third kappa shape index (κ3) is 8.27. The van der Waals surface area contributed by atoms with Crippen LogP contribution in [0.3, 0.4) is 0 Å². The molecule has 0 amide bonds. The fraction of sp³-hybridized carbons (Fsp3) is 0.0769. The zero-order valence-electron chi connectivity index (χ0n) is 11.0. The maximum absolute atomic E-state index is 12.0. The van der Waals surface area contributed by atoms with E-state index in [4.69, 9.17) is 22.5 Å². The van der Waals surface area contributed by atoms with Crippen molar-refractivity contribution in [3.63, 3.8) is 0 Å². The van der Waals surface area contributed by atoms with Crippen molar-refractivity contribution in [2.24, 2.45) is 0 Å². The predicted molar refractivity (Wildman–Crippen MR) is 99.2 cm³/mol. The molecule has 2 aromatic carbocycles. The van der Waals surface area contributed by atoms with Gasteiger partial charge in [0.1, 0.15) is 0 Å². The van der Waals surface area contributed by atoms with E-state index in [1.54, 1.807) is 0 Å². The van der Waals surface area contributed by atoms with Crippen LogP contribution in [0.1, 0.15) is 16.8 Å². The molecule has 0 radical (unpaired) electrons. The molecule has 0 atom stereocenters. The molecule has 0 spiro atoms. The number of rotatable bonds is 3. The summed E-state index contributed by atoms with van der Waals surface area (Å²) < 4.78 is 21.6. The van der Waals surface area contributed by atoms with E-state index in [2.05, 4.69) is 33.7 Å². The van der Waals surface area contributed by atoms with E-state index in [9.17, 15) is 9.13 Å². The summed E-state index contributed by atoms with van der Waals surface area (Å²) in [4.78, 5) is 0. The van der Waals surface area contributed by atoms with E-state index in [0.717, 1.165) is 11.1 Å². The molecule has 120 valence electrons. The Morgan fingerprint density at radius 1 is 0.636 bits per heavy atom. The van der Waals surface area contributed by atoms with Gasteiger partial charge in [-0.25, -0.2) is 0 Å². The minimum Gasteiger partial charge on any atom is -0.288 e. The first-order valence-corrected chi connectivity index (χ1v) is 13.9. The third-order valence-corrected chi connectivity index (χ3v) is 4.90. The first-order chi connectivity index (χ1) is 10.1. The Kier molecular flexibility index (Phi) is 8.34. The van der Waals surface area contributed by atoms with Crippen LogP contribution in [0, 0.1) is 0 Å². The summed E-state index contributed by atoms with van der Waals surface area (Å²) in [6.07, 6.45) is 0. The molecule has 0 bridgehead atoms. The minimum atomic E-state index is -3.28. The molecule has 0 aliphatic heterocycles. The van der Waals surface area contributed by atoms with Crippen LogP contribution in [-0.4, -0.2) is 0 Å². The Hall–Kier alpha value is 0.350. The molecule has 0 unspecified atom stereocenters. The van der Waals surface area contributed by atoms with Gasteiger partial charge in [0.25, 0.3) is 5.85 Å². The summed E-state index contributed by atoms with van der Waals surface area (Å²) in [5.74, 6) is -3.28. The zero-order chi connectivity index (χ0) is 16.8. The van der Waals surface area contributed by atoms with Crippen LogP contribution in [0.2, 0.25) is 0 Å². The lowest BCUT2D eigenvalue weighted by Gasteiger charge is -2.18. The molecule has 2 nitrogen and oxygen atoms in total. The predicted octanol–water partition coefficient (Wildman–Crippen LogP) is 8.26. The third-order valence-electron chi connectivity index (χ3n) is 2.53. The van der Waals surface area contributed by atoms with Gasteiger partial charge in [0.15, 0.2) is 0 Å². The molecular weight excluding hydrogens is 427 g/mol. The first-order valence-electron chi connectivity index (χ1n) is 5.87. The molecule has 0 aromatic heterocycles. The Balaban J connectivity index is 0.000000422. The topological polar surface area (TPSA) is 34.1 Å². The molecular formula is C13H11Cl5O2P2. The van der Waals surface area contributed by atoms with E-state index in [1.165, 1.54) is 0 Å². The van der Waals surface area contributed by atoms with Gasteiger partial charge >= 0.3 is 5.20 Å². The van der Waals surface area contributed by atoms with Gasteiger partial charge in [-0.1, -0.05) is 60.7 Å². The second-order valence-corrected chi connectivity index (χ2v) is 15.8. The highest BCUT2D eigenvalue weighted by atomic mass is 36.0. The van der Waals surface area contributed by atoms with Crippen LogP contribution in [-0.2, 0) is 9.13 Å². The molecule has 0 heterocycles. The molecule has 0 fully saturated rings. The number of halogens is 5. The minimum absolute atomic E-state index is 0.465. The van der Waals surface area contributed by atoms with Gasteiger partial charge in [0, 0.05) is 0 Å². The number of hydrogen-bond acceptors (Lipinski definition) is 2.